The van der Waals surface area contributed by atoms with Crippen LogP contribution in [0.25, 0.3) is 0 Å². The molecule has 0 aliphatic carbocycles. The molecule has 1 saturated heterocycles. The highest BCUT2D eigenvalue weighted by molar-refractivity contribution is 8.01. The van der Waals surface area contributed by atoms with Crippen molar-refractivity contribution in [3.8, 4) is 0 Å². The van der Waals surface area contributed by atoms with E-state index < -0.39 is 20.8 Å². The highest BCUT2D eigenvalue weighted by Gasteiger charge is 2.36. The third kappa shape index (κ3) is 4.13. The molecule has 0 aromatic carbocycles. The number of rotatable bonds is 4. The molecule has 18 heavy (non-hydrogen) atoms. The second kappa shape index (κ2) is 5.79. The summed E-state index contributed by atoms with van der Waals surface area (Å²) < 4.78 is 24.0. The summed E-state index contributed by atoms with van der Waals surface area (Å²) in [5.74, 6) is 1.15. The lowest BCUT2D eigenvalue weighted by Crippen LogP contribution is -2.52. The Morgan fingerprint density at radius 1 is 1.50 bits per heavy atom. The van der Waals surface area contributed by atoms with Gasteiger partial charge < -0.3 is 10.6 Å². The Morgan fingerprint density at radius 2 is 2.11 bits per heavy atom. The number of nitrogens with zero attached hydrogens (tertiary/aromatic N) is 1. The highest BCUT2D eigenvalue weighted by Crippen LogP contribution is 2.23. The molecular formula is C11H22N2O3S2. The average molecular weight is 294 g/mol. The fraction of sp³-hybridized carbons (Fsp3) is 0.909. The molecule has 0 radical (unpaired) electrons. The first-order valence-electron chi connectivity index (χ1n) is 6.05. The molecule has 1 unspecified atom stereocenters. The van der Waals surface area contributed by atoms with Gasteiger partial charge in [0.15, 0.2) is 9.84 Å². The predicted octanol–water partition coefficient (Wildman–Crippen LogP) is 0.450. The van der Waals surface area contributed by atoms with Gasteiger partial charge >= 0.3 is 0 Å². The molecule has 1 heterocycles. The van der Waals surface area contributed by atoms with E-state index in [1.807, 2.05) is 0 Å². The maximum atomic E-state index is 12.2. The van der Waals surface area contributed by atoms with Gasteiger partial charge in [0.2, 0.25) is 5.91 Å². The third-order valence-electron chi connectivity index (χ3n) is 2.83. The van der Waals surface area contributed by atoms with Crippen LogP contribution < -0.4 is 5.73 Å². The summed E-state index contributed by atoms with van der Waals surface area (Å²) in [7, 11) is -3.23. The van der Waals surface area contributed by atoms with Crippen molar-refractivity contribution in [3.05, 3.63) is 0 Å². The molecule has 7 heteroatoms. The van der Waals surface area contributed by atoms with Crippen LogP contribution in [0.3, 0.4) is 0 Å². The van der Waals surface area contributed by atoms with Gasteiger partial charge in [-0.1, -0.05) is 6.92 Å². The van der Waals surface area contributed by atoms with Crippen LogP contribution in [0.4, 0.5) is 0 Å². The Hall–Kier alpha value is -0.270. The summed E-state index contributed by atoms with van der Waals surface area (Å²) in [5, 5.41) is -0.684. The Kier molecular flexibility index (Phi) is 5.08. The summed E-state index contributed by atoms with van der Waals surface area (Å²) in [6.45, 7) is 5.65. The number of sulfone groups is 1. The van der Waals surface area contributed by atoms with Crippen LogP contribution in [0, 0.1) is 0 Å². The van der Waals surface area contributed by atoms with Crippen molar-refractivity contribution < 1.29 is 13.2 Å². The van der Waals surface area contributed by atoms with E-state index in [0.717, 1.165) is 5.75 Å². The van der Waals surface area contributed by atoms with Crippen LogP contribution in [0.1, 0.15) is 27.2 Å². The lowest BCUT2D eigenvalue weighted by molar-refractivity contribution is -0.132. The van der Waals surface area contributed by atoms with Crippen molar-refractivity contribution in [1.82, 2.24) is 4.90 Å². The maximum absolute atomic E-state index is 12.2. The zero-order chi connectivity index (χ0) is 14.0. The van der Waals surface area contributed by atoms with E-state index >= 15 is 0 Å². The monoisotopic (exact) mass is 294 g/mol. The van der Waals surface area contributed by atoms with Crippen molar-refractivity contribution in [1.29, 1.82) is 0 Å². The lowest BCUT2D eigenvalue weighted by Gasteiger charge is -2.36. The number of carbonyl (C=O) groups is 1. The normalized spacial score (nSPS) is 22.0. The molecular weight excluding hydrogens is 272 g/mol. The standard InChI is InChI=1S/C11H22N2O3S2/c1-4-18(15,16)10-8-17-6-5-13(10)9(14)7-11(2,3)12/h10H,4-8,12H2,1-3H3. The molecule has 1 rings (SSSR count). The van der Waals surface area contributed by atoms with Gasteiger partial charge in [0.25, 0.3) is 0 Å². The smallest absolute Gasteiger partial charge is 0.225 e. The SMILES string of the molecule is CCS(=O)(=O)C1CSCCN1C(=O)CC(C)(C)N. The van der Waals surface area contributed by atoms with Gasteiger partial charge in [0.05, 0.1) is 0 Å². The van der Waals surface area contributed by atoms with Gasteiger partial charge in [-0.3, -0.25) is 4.79 Å². The minimum Gasteiger partial charge on any atom is -0.325 e. The maximum Gasteiger partial charge on any atom is 0.225 e. The molecule has 5 nitrogen and oxygen atoms in total. The molecule has 0 bridgehead atoms. The molecule has 0 aromatic heterocycles. The van der Waals surface area contributed by atoms with Crippen LogP contribution in [-0.4, -0.2) is 53.9 Å². The minimum atomic E-state index is -3.23. The van der Waals surface area contributed by atoms with Crippen molar-refractivity contribution in [2.24, 2.45) is 5.73 Å². The van der Waals surface area contributed by atoms with Gasteiger partial charge in [-0.2, -0.15) is 11.8 Å². The van der Waals surface area contributed by atoms with E-state index in [-0.39, 0.29) is 18.1 Å². The lowest BCUT2D eigenvalue weighted by atomic mass is 10.0. The predicted molar refractivity (Wildman–Crippen MR) is 75.2 cm³/mol. The molecule has 0 aromatic rings. The Labute approximate surface area is 113 Å². The summed E-state index contributed by atoms with van der Waals surface area (Å²) in [4.78, 5) is 13.6. The van der Waals surface area contributed by atoms with Gasteiger partial charge in [0.1, 0.15) is 5.37 Å². The Balaban J connectivity index is 2.87. The van der Waals surface area contributed by atoms with Gasteiger partial charge in [-0.15, -0.1) is 0 Å². The van der Waals surface area contributed by atoms with E-state index in [0.29, 0.717) is 12.3 Å². The number of thioether (sulfide) groups is 1. The second-order valence-corrected chi connectivity index (χ2v) is 8.83. The molecule has 2 N–H and O–H groups in total. The fourth-order valence-corrected chi connectivity index (χ4v) is 4.84. The first-order valence-corrected chi connectivity index (χ1v) is 8.92. The Morgan fingerprint density at radius 3 is 2.61 bits per heavy atom. The van der Waals surface area contributed by atoms with Crippen molar-refractivity contribution >= 4 is 27.5 Å². The van der Waals surface area contributed by atoms with E-state index in [4.69, 9.17) is 5.73 Å². The first-order chi connectivity index (χ1) is 8.17. The molecule has 0 saturated carbocycles. The van der Waals surface area contributed by atoms with Crippen molar-refractivity contribution in [3.63, 3.8) is 0 Å². The average Bonchev–Trinajstić information content (AvgIpc) is 2.27. The summed E-state index contributed by atoms with van der Waals surface area (Å²) in [5.41, 5.74) is 5.22. The highest BCUT2D eigenvalue weighted by atomic mass is 32.2. The van der Waals surface area contributed by atoms with Crippen LogP contribution in [0.5, 0.6) is 0 Å². The number of amides is 1. The summed E-state index contributed by atoms with van der Waals surface area (Å²) >= 11 is 1.58. The molecule has 106 valence electrons. The number of hydrogen-bond donors (Lipinski definition) is 1. The van der Waals surface area contributed by atoms with Crippen molar-refractivity contribution in [2.75, 3.05) is 23.8 Å². The summed E-state index contributed by atoms with van der Waals surface area (Å²) in [6, 6.07) is 0. The van der Waals surface area contributed by atoms with E-state index in [2.05, 4.69) is 0 Å². The quantitative estimate of drug-likeness (QED) is 0.814. The van der Waals surface area contributed by atoms with Gasteiger partial charge in [-0.25, -0.2) is 8.42 Å². The van der Waals surface area contributed by atoms with Crippen LogP contribution in [0.2, 0.25) is 0 Å². The largest absolute Gasteiger partial charge is 0.325 e. The molecule has 1 atom stereocenters. The van der Waals surface area contributed by atoms with E-state index in [9.17, 15) is 13.2 Å². The van der Waals surface area contributed by atoms with E-state index in [1.165, 1.54) is 4.90 Å². The van der Waals surface area contributed by atoms with Gasteiger partial charge in [-0.05, 0) is 13.8 Å². The van der Waals surface area contributed by atoms with Gasteiger partial charge in [0, 0.05) is 35.8 Å². The minimum absolute atomic E-state index is 0.0635. The Bertz CT molecular complexity index is 401. The van der Waals surface area contributed by atoms with Crippen LogP contribution in [0.15, 0.2) is 0 Å². The van der Waals surface area contributed by atoms with E-state index in [1.54, 1.807) is 32.5 Å². The fourth-order valence-electron chi connectivity index (χ4n) is 1.85. The van der Waals surface area contributed by atoms with Crippen LogP contribution in [-0.2, 0) is 14.6 Å². The zero-order valence-electron chi connectivity index (χ0n) is 11.2. The number of nitrogens with two attached hydrogens (primary N) is 1. The topological polar surface area (TPSA) is 80.5 Å². The second-order valence-electron chi connectivity index (χ2n) is 5.23. The van der Waals surface area contributed by atoms with Crippen molar-refractivity contribution in [2.45, 2.75) is 38.1 Å². The molecule has 0 spiro atoms. The molecule has 1 aliphatic heterocycles. The molecule has 1 fully saturated rings. The van der Waals surface area contributed by atoms with Crippen LogP contribution >= 0.6 is 11.8 Å². The molecule has 1 aliphatic rings. The molecule has 1 amide bonds. The third-order valence-corrected chi connectivity index (χ3v) is 6.12. The number of carbonyl (C=O) groups excluding carboxylic acids is 1. The number of hydrogen-bond acceptors (Lipinski definition) is 5. The zero-order valence-corrected chi connectivity index (χ0v) is 12.8. The first kappa shape index (κ1) is 15.8. The summed E-state index contributed by atoms with van der Waals surface area (Å²) in [6.07, 6.45) is 0.174.